The van der Waals surface area contributed by atoms with Crippen molar-refractivity contribution in [1.82, 2.24) is 25.2 Å². The minimum Gasteiger partial charge on any atom is -0.478 e. The molecule has 5 rings (SSSR count). The second-order valence-corrected chi connectivity index (χ2v) is 8.51. The van der Waals surface area contributed by atoms with E-state index in [-0.39, 0.29) is 35.6 Å². The van der Waals surface area contributed by atoms with Gasteiger partial charge in [-0.05, 0) is 41.0 Å². The quantitative estimate of drug-likeness (QED) is 0.312. The zero-order valence-corrected chi connectivity index (χ0v) is 19.0. The molecule has 0 fully saturated rings. The number of halogens is 2. The highest BCUT2D eigenvalue weighted by molar-refractivity contribution is 5.98. The van der Waals surface area contributed by atoms with E-state index in [9.17, 15) is 33.4 Å². The zero-order valence-electron chi connectivity index (χ0n) is 19.0. The molecule has 0 unspecified atom stereocenters. The van der Waals surface area contributed by atoms with Gasteiger partial charge in [-0.2, -0.15) is 5.10 Å². The van der Waals surface area contributed by atoms with E-state index >= 15 is 0 Å². The Bertz CT molecular complexity index is 1550. The second kappa shape index (κ2) is 9.39. The molecule has 2 aromatic heterocycles. The Balaban J connectivity index is 1.42. The standard InChI is InChI=1S/C25H19F2N5O5/c26-15-4-1-12(2-5-15)10-28-23(34)18-9-19(32-22(30-18)17(27)11-29-32)24(35)31-21-16-6-3-13(25(36)37)7-14(16)8-20(21)33/h1-7,9,11,20-21,33H,8,10H2,(H,28,34)(H,31,35)(H,36,37)/t20-,21-/m1/s1. The minimum absolute atomic E-state index is 0.0403. The lowest BCUT2D eigenvalue weighted by Crippen LogP contribution is -2.35. The molecule has 0 radical (unpaired) electrons. The van der Waals surface area contributed by atoms with E-state index in [4.69, 9.17) is 0 Å². The van der Waals surface area contributed by atoms with Gasteiger partial charge in [0.1, 0.15) is 17.2 Å². The van der Waals surface area contributed by atoms with Crippen LogP contribution in [0.25, 0.3) is 5.65 Å². The van der Waals surface area contributed by atoms with Gasteiger partial charge in [0.25, 0.3) is 11.8 Å². The van der Waals surface area contributed by atoms with E-state index in [1.165, 1.54) is 42.5 Å². The van der Waals surface area contributed by atoms with Gasteiger partial charge in [-0.3, -0.25) is 9.59 Å². The molecule has 188 valence electrons. The number of hydrogen-bond acceptors (Lipinski definition) is 6. The highest BCUT2D eigenvalue weighted by Gasteiger charge is 2.34. The Morgan fingerprint density at radius 2 is 1.81 bits per heavy atom. The number of carbonyl (C=O) groups excluding carboxylic acids is 2. The fourth-order valence-electron chi connectivity index (χ4n) is 4.25. The molecule has 0 spiro atoms. The highest BCUT2D eigenvalue weighted by atomic mass is 19.1. The number of hydrogen-bond donors (Lipinski definition) is 4. The zero-order chi connectivity index (χ0) is 26.3. The maximum absolute atomic E-state index is 14.4. The number of fused-ring (bicyclic) bond motifs is 2. The van der Waals surface area contributed by atoms with Crippen molar-refractivity contribution >= 4 is 23.4 Å². The first-order valence-corrected chi connectivity index (χ1v) is 11.1. The van der Waals surface area contributed by atoms with Crippen LogP contribution in [-0.2, 0) is 13.0 Å². The van der Waals surface area contributed by atoms with Crippen molar-refractivity contribution in [2.45, 2.75) is 25.1 Å². The monoisotopic (exact) mass is 507 g/mol. The van der Waals surface area contributed by atoms with Gasteiger partial charge in [-0.15, -0.1) is 0 Å². The molecule has 2 amide bonds. The topological polar surface area (TPSA) is 146 Å². The lowest BCUT2D eigenvalue weighted by atomic mass is 10.0. The van der Waals surface area contributed by atoms with Crippen molar-refractivity contribution in [3.05, 3.63) is 100 Å². The van der Waals surface area contributed by atoms with Crippen molar-refractivity contribution in [2.75, 3.05) is 0 Å². The number of carboxylic acid groups (broad SMARTS) is 1. The lowest BCUT2D eigenvalue weighted by molar-refractivity contribution is 0.0696. The Labute approximate surface area is 207 Å². The Kier molecular flexibility index (Phi) is 6.09. The van der Waals surface area contributed by atoms with Crippen LogP contribution in [0.2, 0.25) is 0 Å². The van der Waals surface area contributed by atoms with Crippen molar-refractivity contribution in [1.29, 1.82) is 0 Å². The molecule has 1 aliphatic carbocycles. The average molecular weight is 507 g/mol. The lowest BCUT2D eigenvalue weighted by Gasteiger charge is -2.18. The van der Waals surface area contributed by atoms with Crippen LogP contribution in [0.5, 0.6) is 0 Å². The highest BCUT2D eigenvalue weighted by Crippen LogP contribution is 2.32. The maximum atomic E-state index is 14.4. The van der Waals surface area contributed by atoms with Crippen molar-refractivity contribution in [3.63, 3.8) is 0 Å². The number of aromatic carboxylic acids is 1. The summed E-state index contributed by atoms with van der Waals surface area (Å²) in [6.45, 7) is 0.0403. The van der Waals surface area contributed by atoms with Crippen LogP contribution in [0.15, 0.2) is 54.7 Å². The second-order valence-electron chi connectivity index (χ2n) is 8.51. The number of nitrogens with one attached hydrogen (secondary N) is 2. The Morgan fingerprint density at radius 3 is 2.54 bits per heavy atom. The third-order valence-electron chi connectivity index (χ3n) is 6.09. The SMILES string of the molecule is O=C(O)c1ccc2c(c1)C[C@@H](O)[C@@H]2NC(=O)c1cc(C(=O)NCc2ccc(F)cc2)nc2c(F)cnn12. The molecule has 4 N–H and O–H groups in total. The number of aromatic nitrogens is 3. The van der Waals surface area contributed by atoms with Gasteiger partial charge in [0, 0.05) is 19.0 Å². The summed E-state index contributed by atoms with van der Waals surface area (Å²) in [4.78, 5) is 41.2. The molecule has 2 heterocycles. The van der Waals surface area contributed by atoms with Gasteiger partial charge in [0.05, 0.1) is 23.9 Å². The predicted octanol–water partition coefficient (Wildman–Crippen LogP) is 2.02. The van der Waals surface area contributed by atoms with Crippen molar-refractivity contribution in [3.8, 4) is 0 Å². The van der Waals surface area contributed by atoms with Crippen LogP contribution in [0.3, 0.4) is 0 Å². The molecule has 0 saturated carbocycles. The summed E-state index contributed by atoms with van der Waals surface area (Å²) in [5.74, 6) is -3.85. The van der Waals surface area contributed by atoms with Gasteiger partial charge in [0.2, 0.25) is 0 Å². The summed E-state index contributed by atoms with van der Waals surface area (Å²) in [6.07, 6.45) is -0.0549. The third kappa shape index (κ3) is 4.61. The molecule has 4 aromatic rings. The van der Waals surface area contributed by atoms with Gasteiger partial charge in [0.15, 0.2) is 11.5 Å². The Hall–Kier alpha value is -4.71. The predicted molar refractivity (Wildman–Crippen MR) is 124 cm³/mol. The first kappa shape index (κ1) is 24.0. The van der Waals surface area contributed by atoms with Gasteiger partial charge >= 0.3 is 5.97 Å². The van der Waals surface area contributed by atoms with Crippen molar-refractivity contribution < 1.29 is 33.4 Å². The molecular weight excluding hydrogens is 488 g/mol. The third-order valence-corrected chi connectivity index (χ3v) is 6.09. The summed E-state index contributed by atoms with van der Waals surface area (Å²) >= 11 is 0. The molecule has 10 nitrogen and oxygen atoms in total. The molecule has 2 atom stereocenters. The van der Waals surface area contributed by atoms with Crippen LogP contribution in [0, 0.1) is 11.6 Å². The first-order chi connectivity index (χ1) is 17.7. The van der Waals surface area contributed by atoms with E-state index < -0.39 is 41.6 Å². The summed E-state index contributed by atoms with van der Waals surface area (Å²) in [6, 6.07) is 10.1. The number of aliphatic hydroxyl groups excluding tert-OH is 1. The molecule has 2 aromatic carbocycles. The van der Waals surface area contributed by atoms with E-state index in [0.717, 1.165) is 16.8 Å². The first-order valence-electron chi connectivity index (χ1n) is 11.1. The van der Waals surface area contributed by atoms with Crippen molar-refractivity contribution in [2.24, 2.45) is 0 Å². The van der Waals surface area contributed by atoms with E-state index in [1.807, 2.05) is 0 Å². The van der Waals surface area contributed by atoms with Crippen LogP contribution in [0.1, 0.15) is 54.1 Å². The fraction of sp³-hybridized carbons (Fsp3) is 0.160. The molecule has 1 aliphatic rings. The number of amides is 2. The van der Waals surface area contributed by atoms with Crippen LogP contribution in [0.4, 0.5) is 8.78 Å². The van der Waals surface area contributed by atoms with Crippen LogP contribution < -0.4 is 10.6 Å². The smallest absolute Gasteiger partial charge is 0.335 e. The number of rotatable bonds is 6. The van der Waals surface area contributed by atoms with Crippen LogP contribution in [-0.4, -0.2) is 48.7 Å². The number of carbonyl (C=O) groups is 3. The van der Waals surface area contributed by atoms with E-state index in [2.05, 4.69) is 20.7 Å². The summed E-state index contributed by atoms with van der Waals surface area (Å²) in [5.41, 5.74) is 0.976. The number of carboxylic acids is 1. The van der Waals surface area contributed by atoms with Gasteiger partial charge in [-0.25, -0.2) is 23.1 Å². The summed E-state index contributed by atoms with van der Waals surface area (Å²) in [7, 11) is 0. The summed E-state index contributed by atoms with van der Waals surface area (Å²) in [5, 5.41) is 28.8. The molecule has 37 heavy (non-hydrogen) atoms. The fourth-order valence-corrected chi connectivity index (χ4v) is 4.25. The van der Waals surface area contributed by atoms with Gasteiger partial charge < -0.3 is 20.8 Å². The van der Waals surface area contributed by atoms with E-state index in [1.54, 1.807) is 0 Å². The maximum Gasteiger partial charge on any atom is 0.335 e. The molecule has 0 saturated heterocycles. The van der Waals surface area contributed by atoms with Crippen LogP contribution >= 0.6 is 0 Å². The number of aliphatic hydroxyl groups is 1. The largest absolute Gasteiger partial charge is 0.478 e. The number of nitrogens with zero attached hydrogens (tertiary/aromatic N) is 3. The number of benzene rings is 2. The Morgan fingerprint density at radius 1 is 1.05 bits per heavy atom. The van der Waals surface area contributed by atoms with E-state index in [0.29, 0.717) is 16.7 Å². The average Bonchev–Trinajstić information content (AvgIpc) is 3.41. The normalized spacial score (nSPS) is 16.4. The molecule has 12 heteroatoms. The molecule has 0 aliphatic heterocycles. The molecular formula is C25H19F2N5O5. The minimum atomic E-state index is -1.12. The van der Waals surface area contributed by atoms with Gasteiger partial charge in [-0.1, -0.05) is 18.2 Å². The summed E-state index contributed by atoms with van der Waals surface area (Å²) < 4.78 is 28.4. The molecule has 0 bridgehead atoms.